The van der Waals surface area contributed by atoms with E-state index in [1.54, 1.807) is 12.1 Å². The number of carbonyl (C=O) groups is 1. The van der Waals surface area contributed by atoms with Crippen LogP contribution in [-0.2, 0) is 6.61 Å². The molecule has 0 atom stereocenters. The standard InChI is InChI=1S/C16H19BrN2O3.ClH/c1-2-18-8-9-19-16(20)15-7-6-14(22-15)11-21-13-5-3-4-12(17)10-13;/h3-7,10,18H,2,8-9,11H2,1H3,(H,19,20);1H. The molecule has 0 aliphatic carbocycles. The van der Waals surface area contributed by atoms with Crippen LogP contribution >= 0.6 is 28.3 Å². The molecule has 2 rings (SSSR count). The summed E-state index contributed by atoms with van der Waals surface area (Å²) in [5.41, 5.74) is 0. The van der Waals surface area contributed by atoms with Crippen LogP contribution in [0, 0.1) is 0 Å². The molecule has 5 nitrogen and oxygen atoms in total. The summed E-state index contributed by atoms with van der Waals surface area (Å²) in [7, 11) is 0. The average molecular weight is 404 g/mol. The maximum absolute atomic E-state index is 11.9. The lowest BCUT2D eigenvalue weighted by molar-refractivity contribution is 0.0922. The largest absolute Gasteiger partial charge is 0.486 e. The summed E-state index contributed by atoms with van der Waals surface area (Å²) in [6, 6.07) is 11.0. The van der Waals surface area contributed by atoms with E-state index in [4.69, 9.17) is 9.15 Å². The number of hydrogen-bond acceptors (Lipinski definition) is 4. The Labute approximate surface area is 150 Å². The molecule has 2 N–H and O–H groups in total. The lowest BCUT2D eigenvalue weighted by atomic mass is 10.3. The number of hydrogen-bond donors (Lipinski definition) is 2. The molecule has 1 aromatic heterocycles. The van der Waals surface area contributed by atoms with Crippen molar-refractivity contribution >= 4 is 34.2 Å². The number of ether oxygens (including phenoxy) is 1. The molecule has 0 saturated carbocycles. The van der Waals surface area contributed by atoms with Crippen molar-refractivity contribution in [3.63, 3.8) is 0 Å². The second kappa shape index (κ2) is 10.3. The number of benzene rings is 1. The van der Waals surface area contributed by atoms with Gasteiger partial charge in [0.1, 0.15) is 18.1 Å². The quantitative estimate of drug-likeness (QED) is 0.663. The first kappa shape index (κ1) is 19.5. The monoisotopic (exact) mass is 402 g/mol. The van der Waals surface area contributed by atoms with Gasteiger partial charge in [0, 0.05) is 17.6 Å². The van der Waals surface area contributed by atoms with Crippen molar-refractivity contribution in [2.75, 3.05) is 19.6 Å². The van der Waals surface area contributed by atoms with Gasteiger partial charge in [0.05, 0.1) is 0 Å². The van der Waals surface area contributed by atoms with Crippen LogP contribution in [0.4, 0.5) is 0 Å². The molecule has 23 heavy (non-hydrogen) atoms. The number of amides is 1. The highest BCUT2D eigenvalue weighted by molar-refractivity contribution is 9.10. The normalized spacial score (nSPS) is 10.0. The molecular formula is C16H20BrClN2O3. The summed E-state index contributed by atoms with van der Waals surface area (Å²) in [5.74, 6) is 1.43. The van der Waals surface area contributed by atoms with Crippen LogP contribution in [-0.4, -0.2) is 25.5 Å². The zero-order valence-corrected chi connectivity index (χ0v) is 15.2. The van der Waals surface area contributed by atoms with Crippen LogP contribution in [0.3, 0.4) is 0 Å². The van der Waals surface area contributed by atoms with Gasteiger partial charge in [-0.3, -0.25) is 4.79 Å². The lowest BCUT2D eigenvalue weighted by Crippen LogP contribution is -2.31. The molecule has 126 valence electrons. The first-order valence-electron chi connectivity index (χ1n) is 7.15. The number of rotatable bonds is 8. The Bertz CT molecular complexity index is 619. The Hall–Kier alpha value is -1.50. The predicted octanol–water partition coefficient (Wildman–Crippen LogP) is 3.38. The van der Waals surface area contributed by atoms with Crippen molar-refractivity contribution in [3.05, 3.63) is 52.4 Å². The Morgan fingerprint density at radius 2 is 2.09 bits per heavy atom. The summed E-state index contributed by atoms with van der Waals surface area (Å²) in [4.78, 5) is 11.9. The summed E-state index contributed by atoms with van der Waals surface area (Å²) in [6.07, 6.45) is 0. The molecular weight excluding hydrogens is 384 g/mol. The van der Waals surface area contributed by atoms with Crippen LogP contribution in [0.2, 0.25) is 0 Å². The van der Waals surface area contributed by atoms with E-state index in [1.165, 1.54) is 0 Å². The van der Waals surface area contributed by atoms with Gasteiger partial charge >= 0.3 is 0 Å². The van der Waals surface area contributed by atoms with Crippen molar-refractivity contribution in [2.45, 2.75) is 13.5 Å². The zero-order valence-electron chi connectivity index (χ0n) is 12.8. The van der Waals surface area contributed by atoms with Crippen molar-refractivity contribution in [1.29, 1.82) is 0 Å². The molecule has 1 heterocycles. The molecule has 0 bridgehead atoms. The zero-order chi connectivity index (χ0) is 15.8. The van der Waals surface area contributed by atoms with Crippen molar-refractivity contribution in [2.24, 2.45) is 0 Å². The molecule has 1 aromatic carbocycles. The third kappa shape index (κ3) is 6.64. The highest BCUT2D eigenvalue weighted by atomic mass is 79.9. The molecule has 0 fully saturated rings. The maximum Gasteiger partial charge on any atom is 0.287 e. The summed E-state index contributed by atoms with van der Waals surface area (Å²) in [5, 5.41) is 5.92. The fourth-order valence-electron chi connectivity index (χ4n) is 1.82. The van der Waals surface area contributed by atoms with E-state index >= 15 is 0 Å². The van der Waals surface area contributed by atoms with E-state index in [1.807, 2.05) is 31.2 Å². The van der Waals surface area contributed by atoms with Gasteiger partial charge in [-0.05, 0) is 36.9 Å². The van der Waals surface area contributed by atoms with Crippen LogP contribution in [0.25, 0.3) is 0 Å². The van der Waals surface area contributed by atoms with E-state index in [2.05, 4.69) is 26.6 Å². The highest BCUT2D eigenvalue weighted by Gasteiger charge is 2.10. The molecule has 0 saturated heterocycles. The molecule has 2 aromatic rings. The molecule has 0 radical (unpaired) electrons. The number of likely N-dealkylation sites (N-methyl/N-ethyl adjacent to an activating group) is 1. The topological polar surface area (TPSA) is 63.5 Å². The molecule has 0 aliphatic rings. The van der Waals surface area contributed by atoms with Crippen LogP contribution in [0.1, 0.15) is 23.2 Å². The van der Waals surface area contributed by atoms with Crippen LogP contribution < -0.4 is 15.4 Å². The minimum Gasteiger partial charge on any atom is -0.486 e. The van der Waals surface area contributed by atoms with E-state index in [-0.39, 0.29) is 24.9 Å². The van der Waals surface area contributed by atoms with Gasteiger partial charge in [0.15, 0.2) is 5.76 Å². The molecule has 7 heteroatoms. The molecule has 0 unspecified atom stereocenters. The summed E-state index contributed by atoms with van der Waals surface area (Å²) >= 11 is 3.39. The van der Waals surface area contributed by atoms with E-state index in [0.717, 1.165) is 23.3 Å². The van der Waals surface area contributed by atoms with Crippen LogP contribution in [0.5, 0.6) is 5.75 Å². The van der Waals surface area contributed by atoms with E-state index in [0.29, 0.717) is 18.1 Å². The van der Waals surface area contributed by atoms with Gasteiger partial charge in [-0.25, -0.2) is 0 Å². The van der Waals surface area contributed by atoms with Crippen LogP contribution in [0.15, 0.2) is 45.3 Å². The number of nitrogens with one attached hydrogen (secondary N) is 2. The summed E-state index contributed by atoms with van der Waals surface area (Å²) in [6.45, 7) is 4.49. The van der Waals surface area contributed by atoms with E-state index in [9.17, 15) is 4.79 Å². The molecule has 1 amide bonds. The Balaban J connectivity index is 0.00000264. The SMILES string of the molecule is CCNCCNC(=O)c1ccc(COc2cccc(Br)c2)o1.Cl. The lowest BCUT2D eigenvalue weighted by Gasteiger charge is -2.05. The van der Waals surface area contributed by atoms with Gasteiger partial charge in [-0.2, -0.15) is 0 Å². The van der Waals surface area contributed by atoms with E-state index < -0.39 is 0 Å². The Kier molecular flexibility index (Phi) is 8.76. The third-order valence-electron chi connectivity index (χ3n) is 2.90. The maximum atomic E-state index is 11.9. The van der Waals surface area contributed by atoms with Gasteiger partial charge in [0.2, 0.25) is 0 Å². The van der Waals surface area contributed by atoms with Gasteiger partial charge < -0.3 is 19.8 Å². The van der Waals surface area contributed by atoms with Crippen molar-refractivity contribution < 1.29 is 13.9 Å². The number of halogens is 2. The Morgan fingerprint density at radius 3 is 2.83 bits per heavy atom. The first-order chi connectivity index (χ1) is 10.7. The fraction of sp³-hybridized carbons (Fsp3) is 0.312. The molecule has 0 spiro atoms. The number of furan rings is 1. The Morgan fingerprint density at radius 1 is 1.26 bits per heavy atom. The van der Waals surface area contributed by atoms with Gasteiger partial charge in [-0.15, -0.1) is 12.4 Å². The average Bonchev–Trinajstić information content (AvgIpc) is 2.98. The predicted molar refractivity (Wildman–Crippen MR) is 95.3 cm³/mol. The first-order valence-corrected chi connectivity index (χ1v) is 7.94. The molecule has 0 aliphatic heterocycles. The van der Waals surface area contributed by atoms with Crippen molar-refractivity contribution in [3.8, 4) is 5.75 Å². The van der Waals surface area contributed by atoms with Gasteiger partial charge in [-0.1, -0.05) is 28.9 Å². The minimum absolute atomic E-state index is 0. The number of carbonyl (C=O) groups excluding carboxylic acids is 1. The smallest absolute Gasteiger partial charge is 0.287 e. The fourth-order valence-corrected chi connectivity index (χ4v) is 2.20. The second-order valence-electron chi connectivity index (χ2n) is 4.62. The summed E-state index contributed by atoms with van der Waals surface area (Å²) < 4.78 is 12.0. The van der Waals surface area contributed by atoms with Crippen molar-refractivity contribution in [1.82, 2.24) is 10.6 Å². The highest BCUT2D eigenvalue weighted by Crippen LogP contribution is 2.19. The third-order valence-corrected chi connectivity index (χ3v) is 3.39. The van der Waals surface area contributed by atoms with Gasteiger partial charge in [0.25, 0.3) is 5.91 Å². The minimum atomic E-state index is -0.216. The second-order valence-corrected chi connectivity index (χ2v) is 5.54.